The van der Waals surface area contributed by atoms with Crippen LogP contribution in [0.3, 0.4) is 0 Å². The maximum atomic E-state index is 12.0. The number of carbonyl (C=O) groups excluding carboxylic acids is 1. The van der Waals surface area contributed by atoms with Crippen molar-refractivity contribution >= 4 is 11.7 Å². The monoisotopic (exact) mass is 371 g/mol. The van der Waals surface area contributed by atoms with Gasteiger partial charge in [0.1, 0.15) is 5.82 Å². The first kappa shape index (κ1) is 19.3. The van der Waals surface area contributed by atoms with Gasteiger partial charge in [0.15, 0.2) is 0 Å². The summed E-state index contributed by atoms with van der Waals surface area (Å²) in [6.45, 7) is 10.7. The second kappa shape index (κ2) is 7.64. The zero-order chi connectivity index (χ0) is 19.7. The first-order valence-corrected chi connectivity index (χ1v) is 9.36. The summed E-state index contributed by atoms with van der Waals surface area (Å²) < 4.78 is 1.93. The summed E-state index contributed by atoms with van der Waals surface area (Å²) >= 11 is 0. The Morgan fingerprint density at radius 2 is 1.93 bits per heavy atom. The van der Waals surface area contributed by atoms with E-state index < -0.39 is 0 Å². The molecule has 1 saturated heterocycles. The van der Waals surface area contributed by atoms with Crippen molar-refractivity contribution in [1.82, 2.24) is 30.4 Å². The van der Waals surface area contributed by atoms with Crippen LogP contribution >= 0.6 is 0 Å². The molecule has 1 amide bonds. The second-order valence-electron chi connectivity index (χ2n) is 7.25. The van der Waals surface area contributed by atoms with E-state index in [1.807, 2.05) is 25.6 Å². The van der Waals surface area contributed by atoms with Crippen molar-refractivity contribution in [3.8, 4) is 0 Å². The molecule has 3 rings (SSSR count). The Bertz CT molecular complexity index is 858. The molecule has 0 aromatic carbocycles. The van der Waals surface area contributed by atoms with Gasteiger partial charge in [0.25, 0.3) is 5.91 Å². The van der Waals surface area contributed by atoms with E-state index in [0.29, 0.717) is 6.04 Å². The van der Waals surface area contributed by atoms with Gasteiger partial charge in [-0.3, -0.25) is 9.48 Å². The van der Waals surface area contributed by atoms with Crippen molar-refractivity contribution in [1.29, 1.82) is 0 Å². The van der Waals surface area contributed by atoms with E-state index >= 15 is 0 Å². The Morgan fingerprint density at radius 3 is 2.56 bits per heavy atom. The summed E-state index contributed by atoms with van der Waals surface area (Å²) in [4.78, 5) is 23.1. The third kappa shape index (κ3) is 3.80. The minimum atomic E-state index is -0.254. The second-order valence-corrected chi connectivity index (χ2v) is 7.25. The zero-order valence-corrected chi connectivity index (χ0v) is 17.1. The smallest absolute Gasteiger partial charge is 0.288 e. The fourth-order valence-corrected chi connectivity index (χ4v) is 3.57. The lowest BCUT2D eigenvalue weighted by molar-refractivity contribution is 0.0952. The number of rotatable bonds is 5. The number of amides is 1. The normalized spacial score (nSPS) is 16.8. The number of nitrogens with zero attached hydrogens (tertiary/aromatic N) is 5. The molecule has 0 unspecified atom stereocenters. The van der Waals surface area contributed by atoms with E-state index in [9.17, 15) is 4.79 Å². The molecule has 2 N–H and O–H groups in total. The average Bonchev–Trinajstić information content (AvgIpc) is 3.20. The summed E-state index contributed by atoms with van der Waals surface area (Å²) in [6.07, 6.45) is 1.04. The lowest BCUT2D eigenvalue weighted by Crippen LogP contribution is -2.33. The van der Waals surface area contributed by atoms with Crippen LogP contribution in [0.15, 0.2) is 0 Å². The Balaban J connectivity index is 1.71. The van der Waals surface area contributed by atoms with Crippen molar-refractivity contribution in [3.63, 3.8) is 0 Å². The minimum absolute atomic E-state index is 0.230. The topological polar surface area (TPSA) is 88.0 Å². The van der Waals surface area contributed by atoms with Crippen LogP contribution in [-0.4, -0.2) is 51.8 Å². The number of hydrogen-bond acceptors (Lipinski definition) is 6. The third-order valence-electron chi connectivity index (χ3n) is 5.51. The highest BCUT2D eigenvalue weighted by Crippen LogP contribution is 2.24. The molecule has 3 heterocycles. The average molecular weight is 371 g/mol. The number of nitrogens with one attached hydrogen (secondary N) is 2. The summed E-state index contributed by atoms with van der Waals surface area (Å²) in [6, 6.07) is 0.377. The van der Waals surface area contributed by atoms with Gasteiger partial charge in [0.05, 0.1) is 5.69 Å². The van der Waals surface area contributed by atoms with Crippen molar-refractivity contribution in [2.75, 3.05) is 25.0 Å². The van der Waals surface area contributed by atoms with Crippen LogP contribution in [0.25, 0.3) is 0 Å². The molecule has 0 bridgehead atoms. The van der Waals surface area contributed by atoms with E-state index in [1.165, 1.54) is 11.3 Å². The number of carbonyl (C=O) groups is 1. The SMILES string of the molecule is CNC(=O)c1nc(C)c(C)c(N2CC[C@@H](NCc3c(C)nn(C)c3C)C2)n1. The summed E-state index contributed by atoms with van der Waals surface area (Å²) in [5.41, 5.74) is 5.42. The molecule has 0 radical (unpaired) electrons. The molecule has 0 saturated carbocycles. The molecule has 146 valence electrons. The standard InChI is InChI=1S/C19H29N7O/c1-11-12(2)22-17(19(27)20-5)23-18(11)26-8-7-15(10-26)21-9-16-13(3)24-25(6)14(16)4/h15,21H,7-10H2,1-6H3,(H,20,27)/t15-/m1/s1. The van der Waals surface area contributed by atoms with Gasteiger partial charge in [-0.25, -0.2) is 9.97 Å². The Morgan fingerprint density at radius 1 is 1.19 bits per heavy atom. The summed E-state index contributed by atoms with van der Waals surface area (Å²) in [7, 11) is 3.58. The molecule has 8 heteroatoms. The van der Waals surface area contributed by atoms with E-state index in [4.69, 9.17) is 0 Å². The first-order valence-electron chi connectivity index (χ1n) is 9.36. The molecular weight excluding hydrogens is 342 g/mol. The lowest BCUT2D eigenvalue weighted by atomic mass is 10.1. The first-order chi connectivity index (χ1) is 12.8. The highest BCUT2D eigenvalue weighted by Gasteiger charge is 2.26. The van der Waals surface area contributed by atoms with E-state index in [0.717, 1.165) is 48.8 Å². The number of aryl methyl sites for hydroxylation is 3. The van der Waals surface area contributed by atoms with Gasteiger partial charge < -0.3 is 15.5 Å². The van der Waals surface area contributed by atoms with Crippen LogP contribution in [-0.2, 0) is 13.6 Å². The Hall–Kier alpha value is -2.48. The predicted molar refractivity (Wildman–Crippen MR) is 105 cm³/mol. The molecule has 2 aromatic heterocycles. The van der Waals surface area contributed by atoms with Crippen LogP contribution in [0.4, 0.5) is 5.82 Å². The molecule has 1 aliphatic heterocycles. The van der Waals surface area contributed by atoms with E-state index in [1.54, 1.807) is 7.05 Å². The Labute approximate surface area is 160 Å². The predicted octanol–water partition coefficient (Wildman–Crippen LogP) is 1.17. The largest absolute Gasteiger partial charge is 0.355 e. The molecule has 2 aromatic rings. The van der Waals surface area contributed by atoms with Gasteiger partial charge in [-0.15, -0.1) is 0 Å². The number of anilines is 1. The van der Waals surface area contributed by atoms with Gasteiger partial charge >= 0.3 is 0 Å². The van der Waals surface area contributed by atoms with Crippen LogP contribution in [0.1, 0.15) is 45.2 Å². The molecule has 8 nitrogen and oxygen atoms in total. The highest BCUT2D eigenvalue weighted by atomic mass is 16.2. The van der Waals surface area contributed by atoms with Crippen LogP contribution < -0.4 is 15.5 Å². The lowest BCUT2D eigenvalue weighted by Gasteiger charge is -2.21. The number of hydrogen-bond donors (Lipinski definition) is 2. The molecule has 0 aliphatic carbocycles. The zero-order valence-electron chi connectivity index (χ0n) is 17.1. The highest BCUT2D eigenvalue weighted by molar-refractivity contribution is 5.90. The number of aromatic nitrogens is 4. The van der Waals surface area contributed by atoms with Crippen LogP contribution in [0, 0.1) is 27.7 Å². The quantitative estimate of drug-likeness (QED) is 0.820. The van der Waals surface area contributed by atoms with Crippen LogP contribution in [0.5, 0.6) is 0 Å². The van der Waals surface area contributed by atoms with Gasteiger partial charge in [-0.2, -0.15) is 5.10 Å². The minimum Gasteiger partial charge on any atom is -0.355 e. The van der Waals surface area contributed by atoms with Gasteiger partial charge in [-0.05, 0) is 34.1 Å². The molecule has 27 heavy (non-hydrogen) atoms. The van der Waals surface area contributed by atoms with Crippen molar-refractivity contribution < 1.29 is 4.79 Å². The summed E-state index contributed by atoms with van der Waals surface area (Å²) in [5, 5.41) is 10.7. The maximum absolute atomic E-state index is 12.0. The maximum Gasteiger partial charge on any atom is 0.288 e. The van der Waals surface area contributed by atoms with Crippen LogP contribution in [0.2, 0.25) is 0 Å². The molecule has 0 spiro atoms. The molecular formula is C19H29N7O. The third-order valence-corrected chi connectivity index (χ3v) is 5.51. The van der Waals surface area contributed by atoms with Crippen molar-refractivity contribution in [3.05, 3.63) is 34.0 Å². The van der Waals surface area contributed by atoms with E-state index in [2.05, 4.69) is 44.4 Å². The van der Waals surface area contributed by atoms with Gasteiger partial charge in [0.2, 0.25) is 5.82 Å². The molecule has 1 atom stereocenters. The molecule has 1 aliphatic rings. The fraction of sp³-hybridized carbons (Fsp3) is 0.579. The van der Waals surface area contributed by atoms with Gasteiger partial charge in [-0.1, -0.05) is 0 Å². The van der Waals surface area contributed by atoms with Crippen molar-refractivity contribution in [2.45, 2.75) is 46.7 Å². The van der Waals surface area contributed by atoms with Gasteiger partial charge in [0, 0.05) is 62.3 Å². The van der Waals surface area contributed by atoms with E-state index in [-0.39, 0.29) is 11.7 Å². The summed E-state index contributed by atoms with van der Waals surface area (Å²) in [5.74, 6) is 0.837. The fourth-order valence-electron chi connectivity index (χ4n) is 3.57. The Kier molecular flexibility index (Phi) is 5.46. The molecule has 1 fully saturated rings. The van der Waals surface area contributed by atoms with Crippen molar-refractivity contribution in [2.24, 2.45) is 7.05 Å².